The minimum Gasteiger partial charge on any atom is -0.303 e. The van der Waals surface area contributed by atoms with Crippen LogP contribution in [0.5, 0.6) is 0 Å². The van der Waals surface area contributed by atoms with Gasteiger partial charge in [-0.3, -0.25) is 0 Å². The highest BCUT2D eigenvalue weighted by Crippen LogP contribution is 2.31. The maximum absolute atomic E-state index is 14.8. The standard InChI is InChI=1S/C21H23FN4O2S/c1-16-13-23-25(14-16)20-9-8-18(12-19(20)22)29(27,28)26-11-10-24(2)15-21(26)17-6-4-3-5-7-17/h3-9,12-14,21H,10-11,15H2,1-2H3. The van der Waals surface area contributed by atoms with Gasteiger partial charge in [-0.2, -0.15) is 9.40 Å². The molecule has 29 heavy (non-hydrogen) atoms. The van der Waals surface area contributed by atoms with Crippen LogP contribution in [-0.4, -0.2) is 54.1 Å². The third-order valence-corrected chi connectivity index (χ3v) is 7.11. The van der Waals surface area contributed by atoms with Gasteiger partial charge >= 0.3 is 0 Å². The summed E-state index contributed by atoms with van der Waals surface area (Å²) in [5.41, 5.74) is 2.03. The van der Waals surface area contributed by atoms with E-state index in [9.17, 15) is 12.8 Å². The van der Waals surface area contributed by atoms with E-state index in [4.69, 9.17) is 0 Å². The molecule has 0 amide bonds. The molecule has 0 radical (unpaired) electrons. The van der Waals surface area contributed by atoms with Crippen molar-refractivity contribution in [2.45, 2.75) is 17.9 Å². The lowest BCUT2D eigenvalue weighted by molar-refractivity contribution is 0.160. The third kappa shape index (κ3) is 3.83. The molecule has 1 aromatic heterocycles. The number of piperazine rings is 1. The van der Waals surface area contributed by atoms with Gasteiger partial charge in [0, 0.05) is 25.8 Å². The zero-order valence-electron chi connectivity index (χ0n) is 16.4. The normalized spacial score (nSPS) is 18.8. The molecule has 1 aliphatic rings. The molecule has 152 valence electrons. The largest absolute Gasteiger partial charge is 0.303 e. The van der Waals surface area contributed by atoms with Crippen molar-refractivity contribution in [2.24, 2.45) is 0 Å². The summed E-state index contributed by atoms with van der Waals surface area (Å²) in [7, 11) is -1.89. The first-order valence-electron chi connectivity index (χ1n) is 9.43. The van der Waals surface area contributed by atoms with Crippen LogP contribution in [0.25, 0.3) is 5.69 Å². The zero-order valence-corrected chi connectivity index (χ0v) is 17.2. The van der Waals surface area contributed by atoms with Gasteiger partial charge in [-0.15, -0.1) is 0 Å². The number of hydrogen-bond acceptors (Lipinski definition) is 4. The van der Waals surface area contributed by atoms with Gasteiger partial charge in [-0.25, -0.2) is 17.5 Å². The highest BCUT2D eigenvalue weighted by atomic mass is 32.2. The van der Waals surface area contributed by atoms with E-state index in [1.54, 1.807) is 12.4 Å². The molecule has 3 aromatic rings. The fraction of sp³-hybridized carbons (Fsp3) is 0.286. The molecule has 4 rings (SSSR count). The van der Waals surface area contributed by atoms with Crippen LogP contribution in [0.1, 0.15) is 17.2 Å². The Morgan fingerprint density at radius 1 is 1.10 bits per heavy atom. The number of aromatic nitrogens is 2. The van der Waals surface area contributed by atoms with E-state index >= 15 is 0 Å². The molecule has 1 aliphatic heterocycles. The van der Waals surface area contributed by atoms with Crippen LogP contribution in [0.4, 0.5) is 4.39 Å². The number of likely N-dealkylation sites (N-methyl/N-ethyl adjacent to an activating group) is 1. The molecule has 1 unspecified atom stereocenters. The first-order chi connectivity index (χ1) is 13.9. The lowest BCUT2D eigenvalue weighted by atomic mass is 10.1. The average molecular weight is 415 g/mol. The summed E-state index contributed by atoms with van der Waals surface area (Å²) in [5, 5.41) is 4.10. The zero-order chi connectivity index (χ0) is 20.6. The number of aryl methyl sites for hydroxylation is 1. The fourth-order valence-corrected chi connectivity index (χ4v) is 5.26. The van der Waals surface area contributed by atoms with Crippen LogP contribution >= 0.6 is 0 Å². The van der Waals surface area contributed by atoms with Crippen molar-refractivity contribution < 1.29 is 12.8 Å². The molecule has 0 aliphatic carbocycles. The van der Waals surface area contributed by atoms with Crippen LogP contribution in [-0.2, 0) is 10.0 Å². The van der Waals surface area contributed by atoms with Crippen molar-refractivity contribution >= 4 is 10.0 Å². The number of nitrogens with zero attached hydrogens (tertiary/aromatic N) is 4. The molecule has 0 spiro atoms. The van der Waals surface area contributed by atoms with E-state index in [2.05, 4.69) is 10.00 Å². The second kappa shape index (κ2) is 7.70. The van der Waals surface area contributed by atoms with Crippen LogP contribution in [0, 0.1) is 12.7 Å². The quantitative estimate of drug-likeness (QED) is 0.659. The highest BCUT2D eigenvalue weighted by molar-refractivity contribution is 7.89. The van der Waals surface area contributed by atoms with Gasteiger partial charge in [0.1, 0.15) is 11.5 Å². The molecule has 8 heteroatoms. The molecular weight excluding hydrogens is 391 g/mol. The van der Waals surface area contributed by atoms with Crippen LogP contribution in [0.2, 0.25) is 0 Å². The Hall–Kier alpha value is -2.55. The van der Waals surface area contributed by atoms with Crippen LogP contribution in [0.15, 0.2) is 65.8 Å². The second-order valence-corrected chi connectivity index (χ2v) is 9.27. The monoisotopic (exact) mass is 414 g/mol. The predicted octanol–water partition coefficient (Wildman–Crippen LogP) is 3.00. The molecule has 0 N–H and O–H groups in total. The number of hydrogen-bond donors (Lipinski definition) is 0. The second-order valence-electron chi connectivity index (χ2n) is 7.38. The van der Waals surface area contributed by atoms with Crippen LogP contribution in [0.3, 0.4) is 0 Å². The van der Waals surface area contributed by atoms with E-state index in [-0.39, 0.29) is 16.6 Å². The molecule has 2 aromatic carbocycles. The van der Waals surface area contributed by atoms with Gasteiger partial charge in [0.05, 0.1) is 17.1 Å². The SMILES string of the molecule is Cc1cnn(-c2ccc(S(=O)(=O)N3CCN(C)CC3c3ccccc3)cc2F)c1. The topological polar surface area (TPSA) is 58.4 Å². The first kappa shape index (κ1) is 19.8. The van der Waals surface area contributed by atoms with E-state index in [1.165, 1.54) is 21.1 Å². The maximum atomic E-state index is 14.8. The Kier molecular flexibility index (Phi) is 5.24. The highest BCUT2D eigenvalue weighted by Gasteiger charge is 2.36. The van der Waals surface area contributed by atoms with Crippen molar-refractivity contribution in [2.75, 3.05) is 26.7 Å². The van der Waals surface area contributed by atoms with Crippen molar-refractivity contribution in [3.8, 4) is 5.69 Å². The molecule has 2 heterocycles. The molecule has 0 saturated carbocycles. The summed E-state index contributed by atoms with van der Waals surface area (Å²) in [5.74, 6) is -0.625. The summed E-state index contributed by atoms with van der Waals surface area (Å²) in [6, 6.07) is 13.2. The summed E-state index contributed by atoms with van der Waals surface area (Å²) >= 11 is 0. The van der Waals surface area contributed by atoms with E-state index < -0.39 is 15.8 Å². The lowest BCUT2D eigenvalue weighted by Crippen LogP contribution is -2.49. The molecule has 1 saturated heterocycles. The van der Waals surface area contributed by atoms with Gasteiger partial charge in [0.2, 0.25) is 10.0 Å². The molecule has 6 nitrogen and oxygen atoms in total. The summed E-state index contributed by atoms with van der Waals surface area (Å²) in [6.07, 6.45) is 3.32. The summed E-state index contributed by atoms with van der Waals surface area (Å²) in [6.45, 7) is 3.41. The van der Waals surface area contributed by atoms with Gasteiger partial charge in [-0.1, -0.05) is 30.3 Å². The Labute approximate surface area is 170 Å². The Bertz CT molecular complexity index is 1110. The first-order valence-corrected chi connectivity index (χ1v) is 10.9. The number of rotatable bonds is 4. The number of benzene rings is 2. The molecule has 1 fully saturated rings. The predicted molar refractivity (Wildman–Crippen MR) is 109 cm³/mol. The van der Waals surface area contributed by atoms with Crippen molar-refractivity contribution in [1.82, 2.24) is 19.0 Å². The maximum Gasteiger partial charge on any atom is 0.243 e. The van der Waals surface area contributed by atoms with Gasteiger partial charge < -0.3 is 4.90 Å². The Morgan fingerprint density at radius 3 is 2.52 bits per heavy atom. The average Bonchev–Trinajstić information content (AvgIpc) is 3.14. The summed E-state index contributed by atoms with van der Waals surface area (Å²) in [4.78, 5) is 2.06. The van der Waals surface area contributed by atoms with Crippen LogP contribution < -0.4 is 0 Å². The van der Waals surface area contributed by atoms with E-state index in [0.717, 1.165) is 17.2 Å². The summed E-state index contributed by atoms with van der Waals surface area (Å²) < 4.78 is 44.5. The smallest absolute Gasteiger partial charge is 0.243 e. The Morgan fingerprint density at radius 2 is 1.86 bits per heavy atom. The fourth-order valence-electron chi connectivity index (χ4n) is 3.65. The van der Waals surface area contributed by atoms with Gasteiger partial charge in [0.25, 0.3) is 0 Å². The number of sulfonamides is 1. The lowest BCUT2D eigenvalue weighted by Gasteiger charge is -2.39. The molecular formula is C21H23FN4O2S. The number of halogens is 1. The van der Waals surface area contributed by atoms with E-state index in [0.29, 0.717) is 19.6 Å². The van der Waals surface area contributed by atoms with E-state index in [1.807, 2.05) is 44.3 Å². The molecule has 1 atom stereocenters. The minimum absolute atomic E-state index is 0.0480. The Balaban J connectivity index is 1.70. The van der Waals surface area contributed by atoms with Crippen molar-refractivity contribution in [3.05, 3.63) is 77.9 Å². The minimum atomic E-state index is -3.86. The van der Waals surface area contributed by atoms with Crippen molar-refractivity contribution in [3.63, 3.8) is 0 Å². The van der Waals surface area contributed by atoms with Gasteiger partial charge in [-0.05, 0) is 43.3 Å². The third-order valence-electron chi connectivity index (χ3n) is 5.20. The van der Waals surface area contributed by atoms with Crippen molar-refractivity contribution in [1.29, 1.82) is 0 Å². The molecule has 0 bridgehead atoms. The van der Waals surface area contributed by atoms with Gasteiger partial charge in [0.15, 0.2) is 0 Å².